The van der Waals surface area contributed by atoms with Crippen molar-refractivity contribution in [3.63, 3.8) is 0 Å². The normalized spacial score (nSPS) is 10.1. The molecule has 0 aliphatic heterocycles. The standard InChI is InChI=1S/C11H13Cl2NO3/c1-14(4-5-15)11(16)7-17-8-2-3-9(12)10(13)6-8/h2-3,6,15H,4-5,7H2,1H3. The molecule has 0 heterocycles. The zero-order chi connectivity index (χ0) is 12.8. The highest BCUT2D eigenvalue weighted by atomic mass is 35.5. The molecule has 4 nitrogen and oxygen atoms in total. The van der Waals surface area contributed by atoms with E-state index in [1.807, 2.05) is 0 Å². The van der Waals surface area contributed by atoms with Crippen LogP contribution in [0.2, 0.25) is 10.0 Å². The van der Waals surface area contributed by atoms with E-state index in [2.05, 4.69) is 0 Å². The van der Waals surface area contributed by atoms with Crippen molar-refractivity contribution in [3.05, 3.63) is 28.2 Å². The van der Waals surface area contributed by atoms with Gasteiger partial charge in [-0.2, -0.15) is 0 Å². The maximum absolute atomic E-state index is 11.5. The maximum atomic E-state index is 11.5. The Morgan fingerprint density at radius 2 is 2.12 bits per heavy atom. The molecule has 17 heavy (non-hydrogen) atoms. The van der Waals surface area contributed by atoms with Crippen LogP contribution < -0.4 is 4.74 Å². The van der Waals surface area contributed by atoms with E-state index < -0.39 is 0 Å². The first-order chi connectivity index (χ1) is 8.04. The molecule has 0 unspecified atom stereocenters. The van der Waals surface area contributed by atoms with Crippen LogP contribution in [0.15, 0.2) is 18.2 Å². The molecule has 94 valence electrons. The SMILES string of the molecule is CN(CCO)C(=O)COc1ccc(Cl)c(Cl)c1. The van der Waals surface area contributed by atoms with Crippen LogP contribution in [0.5, 0.6) is 5.75 Å². The number of amides is 1. The Hall–Kier alpha value is -0.970. The van der Waals surface area contributed by atoms with Crippen LogP contribution in [0, 0.1) is 0 Å². The minimum absolute atomic E-state index is 0.0744. The quantitative estimate of drug-likeness (QED) is 0.893. The van der Waals surface area contributed by atoms with E-state index in [1.54, 1.807) is 25.2 Å². The van der Waals surface area contributed by atoms with Gasteiger partial charge in [0.2, 0.25) is 0 Å². The van der Waals surface area contributed by atoms with Gasteiger partial charge in [-0.15, -0.1) is 0 Å². The van der Waals surface area contributed by atoms with E-state index in [9.17, 15) is 4.79 Å². The molecule has 0 atom stereocenters. The lowest BCUT2D eigenvalue weighted by atomic mass is 10.3. The number of likely N-dealkylation sites (N-methyl/N-ethyl adjacent to an activating group) is 1. The molecule has 1 aromatic rings. The third-order valence-corrected chi connectivity index (χ3v) is 2.85. The number of aliphatic hydroxyl groups is 1. The van der Waals surface area contributed by atoms with E-state index in [1.165, 1.54) is 4.90 Å². The molecule has 1 aromatic carbocycles. The first kappa shape index (κ1) is 14.1. The van der Waals surface area contributed by atoms with E-state index in [-0.39, 0.29) is 25.7 Å². The summed E-state index contributed by atoms with van der Waals surface area (Å²) in [5.41, 5.74) is 0. The molecule has 0 radical (unpaired) electrons. The van der Waals surface area contributed by atoms with Crippen molar-refractivity contribution in [3.8, 4) is 5.75 Å². The van der Waals surface area contributed by atoms with Gasteiger partial charge in [0.05, 0.1) is 16.7 Å². The van der Waals surface area contributed by atoms with Gasteiger partial charge in [0, 0.05) is 19.7 Å². The minimum atomic E-state index is -0.217. The molecule has 1 N–H and O–H groups in total. The Balaban J connectivity index is 2.50. The highest BCUT2D eigenvalue weighted by Crippen LogP contribution is 2.26. The number of carbonyl (C=O) groups excluding carboxylic acids is 1. The lowest BCUT2D eigenvalue weighted by Gasteiger charge is -2.16. The molecule has 0 bridgehead atoms. The van der Waals surface area contributed by atoms with E-state index in [0.29, 0.717) is 15.8 Å². The second-order valence-corrected chi connectivity index (χ2v) is 4.22. The molecule has 1 amide bonds. The van der Waals surface area contributed by atoms with Gasteiger partial charge in [0.25, 0.3) is 5.91 Å². The predicted octanol–water partition coefficient (Wildman–Crippen LogP) is 1.82. The van der Waals surface area contributed by atoms with Crippen molar-refractivity contribution in [2.24, 2.45) is 0 Å². The summed E-state index contributed by atoms with van der Waals surface area (Å²) in [6.07, 6.45) is 0. The summed E-state index contributed by atoms with van der Waals surface area (Å²) in [5.74, 6) is 0.260. The second kappa shape index (κ2) is 6.69. The Morgan fingerprint density at radius 3 is 2.71 bits per heavy atom. The summed E-state index contributed by atoms with van der Waals surface area (Å²) in [4.78, 5) is 12.9. The number of benzene rings is 1. The molecule has 0 aromatic heterocycles. The lowest BCUT2D eigenvalue weighted by Crippen LogP contribution is -2.33. The molecule has 6 heteroatoms. The summed E-state index contributed by atoms with van der Waals surface area (Å²) in [7, 11) is 1.59. The van der Waals surface area contributed by atoms with Crippen molar-refractivity contribution < 1.29 is 14.6 Å². The Labute approximate surface area is 110 Å². The number of rotatable bonds is 5. The molecule has 0 saturated carbocycles. The number of nitrogens with zero attached hydrogens (tertiary/aromatic N) is 1. The van der Waals surface area contributed by atoms with Gasteiger partial charge in [0.15, 0.2) is 6.61 Å². The summed E-state index contributed by atoms with van der Waals surface area (Å²) >= 11 is 11.5. The van der Waals surface area contributed by atoms with Crippen LogP contribution in [-0.2, 0) is 4.79 Å². The van der Waals surface area contributed by atoms with Gasteiger partial charge in [-0.05, 0) is 12.1 Å². The Kier molecular flexibility index (Phi) is 5.55. The number of hydrogen-bond donors (Lipinski definition) is 1. The molecular formula is C11H13Cl2NO3. The Bertz CT molecular complexity index is 398. The summed E-state index contributed by atoms with van der Waals surface area (Å²) in [6.45, 7) is 0.104. The number of ether oxygens (including phenoxy) is 1. The van der Waals surface area contributed by atoms with E-state index >= 15 is 0 Å². The second-order valence-electron chi connectivity index (χ2n) is 3.40. The number of aliphatic hydroxyl groups excluding tert-OH is 1. The lowest BCUT2D eigenvalue weighted by molar-refractivity contribution is -0.132. The monoisotopic (exact) mass is 277 g/mol. The molecule has 0 aliphatic carbocycles. The fourth-order valence-corrected chi connectivity index (χ4v) is 1.38. The molecule has 0 saturated heterocycles. The van der Waals surface area contributed by atoms with Gasteiger partial charge >= 0.3 is 0 Å². The third kappa shape index (κ3) is 4.42. The molecule has 1 rings (SSSR count). The number of hydrogen-bond acceptors (Lipinski definition) is 3. The minimum Gasteiger partial charge on any atom is -0.484 e. The fourth-order valence-electron chi connectivity index (χ4n) is 1.10. The zero-order valence-electron chi connectivity index (χ0n) is 9.32. The van der Waals surface area contributed by atoms with E-state index in [0.717, 1.165) is 0 Å². The van der Waals surface area contributed by atoms with Crippen molar-refractivity contribution in [1.82, 2.24) is 4.90 Å². The highest BCUT2D eigenvalue weighted by Gasteiger charge is 2.09. The van der Waals surface area contributed by atoms with Crippen LogP contribution in [0.1, 0.15) is 0 Å². The van der Waals surface area contributed by atoms with Crippen LogP contribution in [-0.4, -0.2) is 42.7 Å². The van der Waals surface area contributed by atoms with Gasteiger partial charge in [-0.25, -0.2) is 0 Å². The van der Waals surface area contributed by atoms with Gasteiger partial charge in [0.1, 0.15) is 5.75 Å². The first-order valence-electron chi connectivity index (χ1n) is 4.97. The molecule has 0 aliphatic rings. The largest absolute Gasteiger partial charge is 0.484 e. The average molecular weight is 278 g/mol. The predicted molar refractivity (Wildman–Crippen MR) is 66.7 cm³/mol. The first-order valence-corrected chi connectivity index (χ1v) is 5.73. The smallest absolute Gasteiger partial charge is 0.260 e. The Morgan fingerprint density at radius 1 is 1.41 bits per heavy atom. The number of carbonyl (C=O) groups is 1. The van der Waals surface area contributed by atoms with Crippen LogP contribution in [0.25, 0.3) is 0 Å². The number of halogens is 2. The third-order valence-electron chi connectivity index (χ3n) is 2.11. The average Bonchev–Trinajstić information content (AvgIpc) is 2.30. The molecule has 0 fully saturated rings. The van der Waals surface area contributed by atoms with Crippen LogP contribution in [0.4, 0.5) is 0 Å². The van der Waals surface area contributed by atoms with Crippen molar-refractivity contribution in [2.75, 3.05) is 26.8 Å². The van der Waals surface area contributed by atoms with Crippen LogP contribution >= 0.6 is 23.2 Å². The van der Waals surface area contributed by atoms with Gasteiger partial charge in [-0.3, -0.25) is 4.79 Å². The van der Waals surface area contributed by atoms with Crippen molar-refractivity contribution >= 4 is 29.1 Å². The highest BCUT2D eigenvalue weighted by molar-refractivity contribution is 6.42. The van der Waals surface area contributed by atoms with E-state index in [4.69, 9.17) is 33.0 Å². The maximum Gasteiger partial charge on any atom is 0.260 e. The van der Waals surface area contributed by atoms with Crippen molar-refractivity contribution in [2.45, 2.75) is 0 Å². The summed E-state index contributed by atoms with van der Waals surface area (Å²) < 4.78 is 5.26. The zero-order valence-corrected chi connectivity index (χ0v) is 10.8. The topological polar surface area (TPSA) is 49.8 Å². The van der Waals surface area contributed by atoms with Gasteiger partial charge in [-0.1, -0.05) is 23.2 Å². The van der Waals surface area contributed by atoms with Crippen molar-refractivity contribution in [1.29, 1.82) is 0 Å². The molecule has 0 spiro atoms. The van der Waals surface area contributed by atoms with Crippen LogP contribution in [0.3, 0.4) is 0 Å². The summed E-state index contributed by atoms with van der Waals surface area (Å²) in [6, 6.07) is 4.78. The summed E-state index contributed by atoms with van der Waals surface area (Å²) in [5, 5.41) is 9.48. The van der Waals surface area contributed by atoms with Gasteiger partial charge < -0.3 is 14.7 Å². The fraction of sp³-hybridized carbons (Fsp3) is 0.364. The molecular weight excluding hydrogens is 265 g/mol.